The van der Waals surface area contributed by atoms with Crippen LogP contribution in [0.1, 0.15) is 96.8 Å². The summed E-state index contributed by atoms with van der Waals surface area (Å²) >= 11 is 0. The van der Waals surface area contributed by atoms with E-state index in [0.29, 0.717) is 119 Å². The van der Waals surface area contributed by atoms with E-state index in [4.69, 9.17) is 47.4 Å². The number of unbranched alkanes of at least 4 members (excludes halogenated alkanes) is 13. The lowest BCUT2D eigenvalue weighted by atomic mass is 10.0. The van der Waals surface area contributed by atoms with Crippen LogP contribution in [0, 0.1) is 0 Å². The van der Waals surface area contributed by atoms with Crippen LogP contribution in [0.4, 0.5) is 4.39 Å². The molecular formula is C36H73FO10. The molecule has 0 bridgehead atoms. The predicted octanol–water partition coefficient (Wildman–Crippen LogP) is 6.60. The molecule has 0 aliphatic carbocycles. The minimum Gasteiger partial charge on any atom is -0.379 e. The molecule has 0 radical (unpaired) electrons. The third-order valence-corrected chi connectivity index (χ3v) is 7.21. The minimum absolute atomic E-state index is 0.119. The third-order valence-electron chi connectivity index (χ3n) is 7.21. The van der Waals surface area contributed by atoms with E-state index < -0.39 is 6.67 Å². The van der Waals surface area contributed by atoms with Gasteiger partial charge in [0, 0.05) is 6.61 Å². The van der Waals surface area contributed by atoms with E-state index in [-0.39, 0.29) is 6.61 Å². The Hall–Kier alpha value is -0.470. The molecule has 0 aromatic rings. The van der Waals surface area contributed by atoms with Gasteiger partial charge in [-0.15, -0.1) is 0 Å². The second-order valence-electron chi connectivity index (χ2n) is 11.4. The number of rotatable bonds is 44. The van der Waals surface area contributed by atoms with Gasteiger partial charge < -0.3 is 47.4 Å². The van der Waals surface area contributed by atoms with E-state index in [1.54, 1.807) is 0 Å². The highest BCUT2D eigenvalue weighted by Crippen LogP contribution is 2.13. The zero-order valence-electron chi connectivity index (χ0n) is 30.2. The summed E-state index contributed by atoms with van der Waals surface area (Å²) < 4.78 is 66.1. The summed E-state index contributed by atoms with van der Waals surface area (Å²) in [5, 5.41) is 0. The molecule has 0 aromatic carbocycles. The zero-order valence-corrected chi connectivity index (χ0v) is 30.2. The second-order valence-corrected chi connectivity index (χ2v) is 11.4. The van der Waals surface area contributed by atoms with E-state index in [1.165, 1.54) is 83.5 Å². The molecular weight excluding hydrogens is 611 g/mol. The van der Waals surface area contributed by atoms with Crippen LogP contribution in [0.5, 0.6) is 0 Å². The molecule has 0 aliphatic rings. The molecule has 0 heterocycles. The average Bonchev–Trinajstić information content (AvgIpc) is 3.08. The van der Waals surface area contributed by atoms with Gasteiger partial charge in [0.1, 0.15) is 6.67 Å². The summed E-state index contributed by atoms with van der Waals surface area (Å²) in [5.41, 5.74) is 0. The highest BCUT2D eigenvalue weighted by Gasteiger charge is 1.97. The van der Waals surface area contributed by atoms with Crippen molar-refractivity contribution >= 4 is 0 Å². The molecule has 0 fully saturated rings. The Kier molecular flexibility index (Phi) is 45.1. The Morgan fingerprint density at radius 1 is 0.234 bits per heavy atom. The molecule has 0 N–H and O–H groups in total. The van der Waals surface area contributed by atoms with Crippen LogP contribution in [0.15, 0.2) is 0 Å². The summed E-state index contributed by atoms with van der Waals surface area (Å²) in [6, 6.07) is 0. The smallest absolute Gasteiger partial charge is 0.113 e. The number of ether oxygens (including phenoxy) is 10. The molecule has 0 saturated heterocycles. The zero-order chi connectivity index (χ0) is 33.8. The molecule has 0 saturated carbocycles. The lowest BCUT2D eigenvalue weighted by molar-refractivity contribution is -0.0265. The SMILES string of the molecule is CCCCCCCCCCCCCCCCOCCOCCOCCOCCOCCOCCOCCOCCOCCOCCF. The van der Waals surface area contributed by atoms with Crippen molar-refractivity contribution in [1.29, 1.82) is 0 Å². The van der Waals surface area contributed by atoms with Gasteiger partial charge in [-0.3, -0.25) is 0 Å². The Labute approximate surface area is 287 Å². The largest absolute Gasteiger partial charge is 0.379 e. The first-order valence-electron chi connectivity index (χ1n) is 18.7. The average molecular weight is 685 g/mol. The summed E-state index contributed by atoms with van der Waals surface area (Å²) in [4.78, 5) is 0. The van der Waals surface area contributed by atoms with Gasteiger partial charge in [0.2, 0.25) is 0 Å². The quantitative estimate of drug-likeness (QED) is 0.0654. The lowest BCUT2D eigenvalue weighted by Crippen LogP contribution is -2.15. The second kappa shape index (κ2) is 45.5. The minimum atomic E-state index is -0.470. The predicted molar refractivity (Wildman–Crippen MR) is 184 cm³/mol. The van der Waals surface area contributed by atoms with Gasteiger partial charge >= 0.3 is 0 Å². The van der Waals surface area contributed by atoms with E-state index in [2.05, 4.69) is 6.92 Å². The first-order valence-corrected chi connectivity index (χ1v) is 18.7. The monoisotopic (exact) mass is 685 g/mol. The van der Waals surface area contributed by atoms with Crippen molar-refractivity contribution in [3.8, 4) is 0 Å². The van der Waals surface area contributed by atoms with Crippen LogP contribution in [0.3, 0.4) is 0 Å². The van der Waals surface area contributed by atoms with E-state index in [9.17, 15) is 4.39 Å². The molecule has 0 atom stereocenters. The Bertz CT molecular complexity index is 492. The van der Waals surface area contributed by atoms with Gasteiger partial charge in [0.15, 0.2) is 0 Å². The fourth-order valence-electron chi connectivity index (χ4n) is 4.53. The van der Waals surface area contributed by atoms with Crippen molar-refractivity contribution in [3.63, 3.8) is 0 Å². The Balaban J connectivity index is 3.03. The molecule has 11 heteroatoms. The number of alkyl halides is 1. The van der Waals surface area contributed by atoms with Crippen molar-refractivity contribution < 1.29 is 51.8 Å². The van der Waals surface area contributed by atoms with Gasteiger partial charge in [-0.1, -0.05) is 90.4 Å². The molecule has 10 nitrogen and oxygen atoms in total. The fourth-order valence-corrected chi connectivity index (χ4v) is 4.53. The van der Waals surface area contributed by atoms with Crippen LogP contribution in [-0.2, 0) is 47.4 Å². The highest BCUT2D eigenvalue weighted by atomic mass is 19.1. The van der Waals surface area contributed by atoms with E-state index in [0.717, 1.165) is 13.0 Å². The Morgan fingerprint density at radius 2 is 0.426 bits per heavy atom. The van der Waals surface area contributed by atoms with Crippen molar-refractivity contribution in [2.24, 2.45) is 0 Å². The van der Waals surface area contributed by atoms with Crippen LogP contribution < -0.4 is 0 Å². The molecule has 47 heavy (non-hydrogen) atoms. The lowest BCUT2D eigenvalue weighted by Gasteiger charge is -2.09. The molecule has 0 amide bonds. The molecule has 0 spiro atoms. The maximum Gasteiger partial charge on any atom is 0.113 e. The molecule has 0 rings (SSSR count). The first-order chi connectivity index (χ1) is 23.4. The van der Waals surface area contributed by atoms with Crippen molar-refractivity contribution in [1.82, 2.24) is 0 Å². The van der Waals surface area contributed by atoms with Crippen molar-refractivity contribution in [3.05, 3.63) is 0 Å². The molecule has 0 unspecified atom stereocenters. The van der Waals surface area contributed by atoms with E-state index in [1.807, 2.05) is 0 Å². The van der Waals surface area contributed by atoms with Crippen LogP contribution in [0.25, 0.3) is 0 Å². The van der Waals surface area contributed by atoms with Gasteiger partial charge in [-0.2, -0.15) is 0 Å². The van der Waals surface area contributed by atoms with Crippen molar-refractivity contribution in [2.75, 3.05) is 139 Å². The maximum atomic E-state index is 11.8. The number of hydrogen-bond donors (Lipinski definition) is 0. The van der Waals surface area contributed by atoms with Gasteiger partial charge in [0.25, 0.3) is 0 Å². The summed E-state index contributed by atoms with van der Waals surface area (Å²) in [6.07, 6.45) is 19.2. The molecule has 0 aromatic heterocycles. The summed E-state index contributed by atoms with van der Waals surface area (Å²) in [6.45, 7) is 12.1. The fraction of sp³-hybridized carbons (Fsp3) is 1.00. The van der Waals surface area contributed by atoms with Crippen LogP contribution in [-0.4, -0.2) is 139 Å². The highest BCUT2D eigenvalue weighted by molar-refractivity contribution is 4.49. The number of halogens is 1. The first kappa shape index (κ1) is 46.5. The summed E-state index contributed by atoms with van der Waals surface area (Å²) in [5.74, 6) is 0. The maximum absolute atomic E-state index is 11.8. The van der Waals surface area contributed by atoms with Crippen LogP contribution in [0.2, 0.25) is 0 Å². The van der Waals surface area contributed by atoms with Crippen molar-refractivity contribution in [2.45, 2.75) is 96.8 Å². The standard InChI is InChI=1S/C36H73FO10/c1-2-3-4-5-6-7-8-9-10-11-12-13-14-15-17-38-19-21-40-23-25-42-27-29-44-31-33-46-35-36-47-34-32-45-30-28-43-26-24-41-22-20-39-18-16-37/h2-36H2,1H3. The van der Waals surface area contributed by atoms with Gasteiger partial charge in [-0.25, -0.2) is 4.39 Å². The van der Waals surface area contributed by atoms with Gasteiger partial charge in [0.05, 0.1) is 126 Å². The topological polar surface area (TPSA) is 92.3 Å². The third kappa shape index (κ3) is 45.5. The van der Waals surface area contributed by atoms with Crippen LogP contribution >= 0.6 is 0 Å². The Morgan fingerprint density at radius 3 is 0.660 bits per heavy atom. The normalized spacial score (nSPS) is 11.6. The number of hydrogen-bond acceptors (Lipinski definition) is 10. The van der Waals surface area contributed by atoms with Gasteiger partial charge in [-0.05, 0) is 6.42 Å². The summed E-state index contributed by atoms with van der Waals surface area (Å²) in [7, 11) is 0. The van der Waals surface area contributed by atoms with E-state index >= 15 is 0 Å². The molecule has 0 aliphatic heterocycles. The molecule has 284 valence electrons.